The van der Waals surface area contributed by atoms with Gasteiger partial charge in [0.25, 0.3) is 0 Å². The zero-order valence-electron chi connectivity index (χ0n) is 13.8. The second-order valence-corrected chi connectivity index (χ2v) is 7.00. The number of rotatable bonds is 5. The Morgan fingerprint density at radius 3 is 2.48 bits per heavy atom. The Balaban J connectivity index is 1.50. The van der Waals surface area contributed by atoms with Crippen molar-refractivity contribution in [3.05, 3.63) is 41.7 Å². The molecule has 4 heteroatoms. The van der Waals surface area contributed by atoms with Crippen LogP contribution >= 0.6 is 0 Å². The first-order chi connectivity index (χ1) is 11.1. The van der Waals surface area contributed by atoms with Crippen LogP contribution in [0, 0.1) is 5.82 Å². The lowest BCUT2D eigenvalue weighted by atomic mass is 9.92. The number of nitrogens with zero attached hydrogens (tertiary/aromatic N) is 2. The van der Waals surface area contributed by atoms with Gasteiger partial charge in [-0.1, -0.05) is 24.3 Å². The van der Waals surface area contributed by atoms with Gasteiger partial charge in [0.1, 0.15) is 5.82 Å². The Labute approximate surface area is 138 Å². The molecule has 0 amide bonds. The SMILES string of the molecule is O[C@@]1(CN2CCCC2)CCCN(C/C=C/c2ccc(F)cc2)C1. The highest BCUT2D eigenvalue weighted by atomic mass is 19.1. The van der Waals surface area contributed by atoms with Crippen molar-refractivity contribution < 1.29 is 9.50 Å². The number of halogens is 1. The van der Waals surface area contributed by atoms with Gasteiger partial charge in [0, 0.05) is 19.6 Å². The summed E-state index contributed by atoms with van der Waals surface area (Å²) < 4.78 is 12.9. The fraction of sp³-hybridized carbons (Fsp3) is 0.579. The summed E-state index contributed by atoms with van der Waals surface area (Å²) in [4.78, 5) is 4.72. The zero-order valence-corrected chi connectivity index (χ0v) is 13.8. The molecule has 23 heavy (non-hydrogen) atoms. The van der Waals surface area contributed by atoms with Crippen molar-refractivity contribution in [2.75, 3.05) is 39.3 Å². The summed E-state index contributed by atoms with van der Waals surface area (Å²) >= 11 is 0. The molecule has 0 aliphatic carbocycles. The Hall–Kier alpha value is -1.23. The van der Waals surface area contributed by atoms with Gasteiger partial charge < -0.3 is 10.0 Å². The number of aliphatic hydroxyl groups is 1. The van der Waals surface area contributed by atoms with Crippen LogP contribution in [0.4, 0.5) is 4.39 Å². The summed E-state index contributed by atoms with van der Waals surface area (Å²) in [5, 5.41) is 10.9. The first kappa shape index (κ1) is 16.6. The monoisotopic (exact) mass is 318 g/mol. The van der Waals surface area contributed by atoms with Gasteiger partial charge in [-0.3, -0.25) is 4.90 Å². The minimum absolute atomic E-state index is 0.204. The van der Waals surface area contributed by atoms with Crippen molar-refractivity contribution in [3.8, 4) is 0 Å². The average molecular weight is 318 g/mol. The van der Waals surface area contributed by atoms with Gasteiger partial charge in [-0.15, -0.1) is 0 Å². The Morgan fingerprint density at radius 2 is 1.74 bits per heavy atom. The van der Waals surface area contributed by atoms with Crippen molar-refractivity contribution in [2.45, 2.75) is 31.3 Å². The van der Waals surface area contributed by atoms with Gasteiger partial charge in [-0.25, -0.2) is 4.39 Å². The molecule has 3 nitrogen and oxygen atoms in total. The molecule has 2 saturated heterocycles. The number of benzene rings is 1. The molecule has 0 saturated carbocycles. The summed E-state index contributed by atoms with van der Waals surface area (Å²) in [5.74, 6) is -0.204. The van der Waals surface area contributed by atoms with Crippen molar-refractivity contribution in [1.82, 2.24) is 9.80 Å². The van der Waals surface area contributed by atoms with Crippen LogP contribution in [0.25, 0.3) is 6.08 Å². The minimum Gasteiger partial charge on any atom is -0.387 e. The van der Waals surface area contributed by atoms with E-state index in [0.717, 1.165) is 57.7 Å². The molecule has 2 aliphatic rings. The van der Waals surface area contributed by atoms with E-state index in [1.54, 1.807) is 12.1 Å². The van der Waals surface area contributed by atoms with E-state index >= 15 is 0 Å². The summed E-state index contributed by atoms with van der Waals surface area (Å²) in [6.45, 7) is 5.69. The first-order valence-electron chi connectivity index (χ1n) is 8.72. The summed E-state index contributed by atoms with van der Waals surface area (Å²) in [6, 6.07) is 6.53. The van der Waals surface area contributed by atoms with E-state index in [1.807, 2.05) is 6.08 Å². The molecule has 2 aliphatic heterocycles. The first-order valence-corrected chi connectivity index (χ1v) is 8.72. The fourth-order valence-electron chi connectivity index (χ4n) is 3.76. The van der Waals surface area contributed by atoms with Crippen LogP contribution in [0.3, 0.4) is 0 Å². The quantitative estimate of drug-likeness (QED) is 0.904. The van der Waals surface area contributed by atoms with Gasteiger partial charge in [0.05, 0.1) is 5.60 Å². The average Bonchev–Trinajstić information content (AvgIpc) is 3.01. The molecule has 0 aromatic heterocycles. The number of piperidine rings is 1. The predicted molar refractivity (Wildman–Crippen MR) is 91.7 cm³/mol. The fourth-order valence-corrected chi connectivity index (χ4v) is 3.76. The zero-order chi connectivity index (χ0) is 16.1. The lowest BCUT2D eigenvalue weighted by molar-refractivity contribution is -0.0469. The lowest BCUT2D eigenvalue weighted by Crippen LogP contribution is -2.53. The van der Waals surface area contributed by atoms with E-state index in [9.17, 15) is 9.50 Å². The third kappa shape index (κ3) is 4.87. The van der Waals surface area contributed by atoms with E-state index in [4.69, 9.17) is 0 Å². The predicted octanol–water partition coefficient (Wildman–Crippen LogP) is 2.76. The third-order valence-corrected chi connectivity index (χ3v) is 4.89. The molecule has 2 heterocycles. The summed E-state index contributed by atoms with van der Waals surface area (Å²) in [6.07, 6.45) is 8.61. The lowest BCUT2D eigenvalue weighted by Gasteiger charge is -2.40. The van der Waals surface area contributed by atoms with Crippen LogP contribution in [0.15, 0.2) is 30.3 Å². The van der Waals surface area contributed by atoms with E-state index in [0.29, 0.717) is 0 Å². The topological polar surface area (TPSA) is 26.7 Å². The van der Waals surface area contributed by atoms with Gasteiger partial charge in [0.2, 0.25) is 0 Å². The molecule has 126 valence electrons. The minimum atomic E-state index is -0.563. The molecule has 0 bridgehead atoms. The smallest absolute Gasteiger partial charge is 0.123 e. The van der Waals surface area contributed by atoms with Crippen LogP contribution in [0.2, 0.25) is 0 Å². The Bertz CT molecular complexity index is 525. The second-order valence-electron chi connectivity index (χ2n) is 7.00. The van der Waals surface area contributed by atoms with E-state index in [1.165, 1.54) is 25.0 Å². The van der Waals surface area contributed by atoms with E-state index < -0.39 is 5.60 Å². The van der Waals surface area contributed by atoms with Crippen LogP contribution in [-0.4, -0.2) is 59.8 Å². The molecule has 0 spiro atoms. The van der Waals surface area contributed by atoms with E-state index in [-0.39, 0.29) is 5.82 Å². The van der Waals surface area contributed by atoms with Crippen molar-refractivity contribution in [2.24, 2.45) is 0 Å². The van der Waals surface area contributed by atoms with Crippen molar-refractivity contribution in [3.63, 3.8) is 0 Å². The number of hydrogen-bond donors (Lipinski definition) is 1. The summed E-state index contributed by atoms with van der Waals surface area (Å²) in [7, 11) is 0. The van der Waals surface area contributed by atoms with Gasteiger partial charge in [0.15, 0.2) is 0 Å². The van der Waals surface area contributed by atoms with Crippen LogP contribution in [0.5, 0.6) is 0 Å². The van der Waals surface area contributed by atoms with Crippen LogP contribution in [0.1, 0.15) is 31.2 Å². The maximum atomic E-state index is 12.9. The maximum Gasteiger partial charge on any atom is 0.123 e. The maximum absolute atomic E-state index is 12.9. The highest BCUT2D eigenvalue weighted by molar-refractivity contribution is 5.48. The van der Waals surface area contributed by atoms with Crippen LogP contribution < -0.4 is 0 Å². The number of hydrogen-bond acceptors (Lipinski definition) is 3. The molecular formula is C19H27FN2O. The molecule has 1 N–H and O–H groups in total. The molecule has 1 atom stereocenters. The Kier molecular flexibility index (Phi) is 5.46. The van der Waals surface area contributed by atoms with Crippen molar-refractivity contribution in [1.29, 1.82) is 0 Å². The Morgan fingerprint density at radius 1 is 1.04 bits per heavy atom. The second kappa shape index (κ2) is 7.56. The molecule has 3 rings (SSSR count). The van der Waals surface area contributed by atoms with E-state index in [2.05, 4.69) is 15.9 Å². The molecule has 1 aromatic rings. The third-order valence-electron chi connectivity index (χ3n) is 4.89. The standard InChI is InChI=1S/C19H27FN2O/c20-18-8-6-17(7-9-18)5-3-13-22-14-4-10-19(23,16-22)15-21-11-1-2-12-21/h3,5-9,23H,1-2,4,10-16H2/b5-3+/t19-/m1/s1. The van der Waals surface area contributed by atoms with Gasteiger partial charge in [-0.05, 0) is 63.0 Å². The number of β-amino-alcohol motifs (C(OH)–C–C–N with tert-alkyl or cyclic N) is 1. The normalized spacial score (nSPS) is 27.0. The molecule has 0 unspecified atom stereocenters. The van der Waals surface area contributed by atoms with Crippen molar-refractivity contribution >= 4 is 6.08 Å². The number of likely N-dealkylation sites (tertiary alicyclic amines) is 2. The highest BCUT2D eigenvalue weighted by Gasteiger charge is 2.35. The molecule has 1 aromatic carbocycles. The largest absolute Gasteiger partial charge is 0.387 e. The molecule has 0 radical (unpaired) electrons. The highest BCUT2D eigenvalue weighted by Crippen LogP contribution is 2.24. The van der Waals surface area contributed by atoms with Crippen LogP contribution in [-0.2, 0) is 0 Å². The molecule has 2 fully saturated rings. The summed E-state index contributed by atoms with van der Waals surface area (Å²) in [5.41, 5.74) is 0.447. The molecular weight excluding hydrogens is 291 g/mol. The van der Waals surface area contributed by atoms with Gasteiger partial charge in [-0.2, -0.15) is 0 Å². The van der Waals surface area contributed by atoms with Gasteiger partial charge >= 0.3 is 0 Å².